The van der Waals surface area contributed by atoms with Gasteiger partial charge in [-0.05, 0) is 11.8 Å². The van der Waals surface area contributed by atoms with Crippen LogP contribution in [0, 0.1) is 0 Å². The predicted octanol–water partition coefficient (Wildman–Crippen LogP) is 1.40. The van der Waals surface area contributed by atoms with E-state index in [0.29, 0.717) is 0 Å². The second kappa shape index (κ2) is 4.80. The molecule has 0 spiro atoms. The SMILES string of the molecule is CO[C@@H]1C/C=C\SC[C@@H](O)C1. The molecule has 2 atom stereocenters. The predicted molar refractivity (Wildman–Crippen MR) is 47.6 cm³/mol. The molecular formula is C8H14O2S. The Morgan fingerprint density at radius 2 is 2.45 bits per heavy atom. The van der Waals surface area contributed by atoms with E-state index in [4.69, 9.17) is 4.74 Å². The van der Waals surface area contributed by atoms with Crippen LogP contribution in [-0.4, -0.2) is 30.2 Å². The number of thioether (sulfide) groups is 1. The van der Waals surface area contributed by atoms with Crippen LogP contribution in [0.3, 0.4) is 0 Å². The molecule has 1 heterocycles. The maximum atomic E-state index is 9.38. The average molecular weight is 174 g/mol. The zero-order valence-corrected chi connectivity index (χ0v) is 7.51. The van der Waals surface area contributed by atoms with Crippen molar-refractivity contribution in [3.05, 3.63) is 11.5 Å². The standard InChI is InChI=1S/C8H14O2S/c1-10-8-3-2-4-11-6-7(9)5-8/h2,4,7-9H,3,5-6H2,1H3/b4-2-/t7-,8+/m0/s1. The molecule has 0 unspecified atom stereocenters. The van der Waals surface area contributed by atoms with Crippen LogP contribution >= 0.6 is 11.8 Å². The Morgan fingerprint density at radius 1 is 1.64 bits per heavy atom. The molecule has 11 heavy (non-hydrogen) atoms. The summed E-state index contributed by atoms with van der Waals surface area (Å²) in [5.74, 6) is 0.788. The monoisotopic (exact) mass is 174 g/mol. The van der Waals surface area contributed by atoms with Gasteiger partial charge in [-0.1, -0.05) is 6.08 Å². The summed E-state index contributed by atoms with van der Waals surface area (Å²) in [6.07, 6.45) is 3.76. The van der Waals surface area contributed by atoms with Crippen LogP contribution in [0.15, 0.2) is 11.5 Å². The molecule has 1 aliphatic rings. The third-order valence-electron chi connectivity index (χ3n) is 1.75. The zero-order valence-electron chi connectivity index (χ0n) is 6.69. The highest BCUT2D eigenvalue weighted by molar-refractivity contribution is 8.02. The van der Waals surface area contributed by atoms with E-state index in [1.165, 1.54) is 0 Å². The molecule has 0 saturated carbocycles. The van der Waals surface area contributed by atoms with Crippen molar-refractivity contribution in [1.82, 2.24) is 0 Å². The maximum absolute atomic E-state index is 9.38. The normalized spacial score (nSPS) is 35.8. The van der Waals surface area contributed by atoms with E-state index in [-0.39, 0.29) is 12.2 Å². The van der Waals surface area contributed by atoms with Crippen molar-refractivity contribution in [3.63, 3.8) is 0 Å². The Kier molecular flexibility index (Phi) is 3.97. The molecule has 0 radical (unpaired) electrons. The Bertz CT molecular complexity index is 136. The number of methoxy groups -OCH3 is 1. The molecule has 2 nitrogen and oxygen atoms in total. The van der Waals surface area contributed by atoms with Gasteiger partial charge < -0.3 is 9.84 Å². The molecule has 0 aromatic carbocycles. The second-order valence-electron chi connectivity index (χ2n) is 2.69. The molecule has 1 aliphatic heterocycles. The van der Waals surface area contributed by atoms with Crippen LogP contribution < -0.4 is 0 Å². The van der Waals surface area contributed by atoms with Gasteiger partial charge in [-0.3, -0.25) is 0 Å². The molecule has 3 heteroatoms. The van der Waals surface area contributed by atoms with E-state index in [9.17, 15) is 5.11 Å². The molecule has 64 valence electrons. The van der Waals surface area contributed by atoms with Crippen LogP contribution in [0.4, 0.5) is 0 Å². The summed E-state index contributed by atoms with van der Waals surface area (Å²) in [6, 6.07) is 0. The highest BCUT2D eigenvalue weighted by atomic mass is 32.2. The van der Waals surface area contributed by atoms with Gasteiger partial charge >= 0.3 is 0 Å². The van der Waals surface area contributed by atoms with Crippen LogP contribution in [0.1, 0.15) is 12.8 Å². The first kappa shape index (κ1) is 9.10. The number of rotatable bonds is 1. The minimum Gasteiger partial charge on any atom is -0.392 e. The van der Waals surface area contributed by atoms with Gasteiger partial charge in [0.15, 0.2) is 0 Å². The first-order valence-electron chi connectivity index (χ1n) is 3.80. The molecule has 0 bridgehead atoms. The van der Waals surface area contributed by atoms with Crippen molar-refractivity contribution in [2.45, 2.75) is 25.0 Å². The van der Waals surface area contributed by atoms with Gasteiger partial charge in [0.1, 0.15) is 0 Å². The highest BCUT2D eigenvalue weighted by Crippen LogP contribution is 2.16. The third-order valence-corrected chi connectivity index (χ3v) is 2.71. The van der Waals surface area contributed by atoms with Crippen molar-refractivity contribution < 1.29 is 9.84 Å². The van der Waals surface area contributed by atoms with E-state index in [1.807, 2.05) is 5.41 Å². The van der Waals surface area contributed by atoms with Crippen LogP contribution in [0.5, 0.6) is 0 Å². The van der Waals surface area contributed by atoms with Crippen LogP contribution in [0.25, 0.3) is 0 Å². The minimum absolute atomic E-state index is 0.196. The van der Waals surface area contributed by atoms with E-state index in [2.05, 4.69) is 6.08 Å². The van der Waals surface area contributed by atoms with Crippen molar-refractivity contribution in [2.75, 3.05) is 12.9 Å². The summed E-state index contributed by atoms with van der Waals surface area (Å²) in [4.78, 5) is 0. The Labute approximate surface area is 71.6 Å². The molecule has 0 amide bonds. The van der Waals surface area contributed by atoms with Gasteiger partial charge in [-0.25, -0.2) is 0 Å². The maximum Gasteiger partial charge on any atom is 0.0658 e. The summed E-state index contributed by atoms with van der Waals surface area (Å²) in [5.41, 5.74) is 0. The van der Waals surface area contributed by atoms with E-state index < -0.39 is 0 Å². The highest BCUT2D eigenvalue weighted by Gasteiger charge is 2.13. The lowest BCUT2D eigenvalue weighted by molar-refractivity contribution is 0.0549. The fourth-order valence-electron chi connectivity index (χ4n) is 1.10. The number of ether oxygens (including phenoxy) is 1. The first-order chi connectivity index (χ1) is 5.33. The smallest absolute Gasteiger partial charge is 0.0658 e. The fraction of sp³-hybridized carbons (Fsp3) is 0.750. The van der Waals surface area contributed by atoms with Crippen LogP contribution in [0.2, 0.25) is 0 Å². The van der Waals surface area contributed by atoms with Gasteiger partial charge in [-0.2, -0.15) is 0 Å². The Balaban J connectivity index is 2.41. The molecule has 0 aromatic heterocycles. The number of hydrogen-bond acceptors (Lipinski definition) is 3. The van der Waals surface area contributed by atoms with Gasteiger partial charge in [0.25, 0.3) is 0 Å². The van der Waals surface area contributed by atoms with Crippen LogP contribution in [-0.2, 0) is 4.74 Å². The number of hydrogen-bond donors (Lipinski definition) is 1. The summed E-state index contributed by atoms with van der Waals surface area (Å²) >= 11 is 1.66. The first-order valence-corrected chi connectivity index (χ1v) is 4.85. The fourth-order valence-corrected chi connectivity index (χ4v) is 1.82. The van der Waals surface area contributed by atoms with Crippen molar-refractivity contribution in [3.8, 4) is 0 Å². The van der Waals surface area contributed by atoms with Crippen molar-refractivity contribution in [1.29, 1.82) is 0 Å². The summed E-state index contributed by atoms with van der Waals surface area (Å²) < 4.78 is 5.18. The quantitative estimate of drug-likeness (QED) is 0.651. The average Bonchev–Trinajstić information content (AvgIpc) is 1.96. The van der Waals surface area contributed by atoms with Gasteiger partial charge in [-0.15, -0.1) is 11.8 Å². The molecular weight excluding hydrogens is 160 g/mol. The zero-order chi connectivity index (χ0) is 8.10. The van der Waals surface area contributed by atoms with Gasteiger partial charge in [0, 0.05) is 19.3 Å². The largest absolute Gasteiger partial charge is 0.392 e. The Hall–Kier alpha value is 0.01000. The lowest BCUT2D eigenvalue weighted by Gasteiger charge is -2.18. The van der Waals surface area contributed by atoms with Gasteiger partial charge in [0.2, 0.25) is 0 Å². The molecule has 1 N–H and O–H groups in total. The second-order valence-corrected chi connectivity index (χ2v) is 3.63. The van der Waals surface area contributed by atoms with Gasteiger partial charge in [0.05, 0.1) is 12.2 Å². The lowest BCUT2D eigenvalue weighted by Crippen LogP contribution is -2.21. The number of aliphatic hydroxyl groups excluding tert-OH is 1. The van der Waals surface area contributed by atoms with E-state index >= 15 is 0 Å². The molecule has 0 aliphatic carbocycles. The summed E-state index contributed by atoms with van der Waals surface area (Å²) in [5, 5.41) is 11.4. The van der Waals surface area contributed by atoms with E-state index in [1.54, 1.807) is 18.9 Å². The molecule has 0 aromatic rings. The molecule has 0 saturated heterocycles. The number of aliphatic hydroxyl groups is 1. The molecule has 0 fully saturated rings. The van der Waals surface area contributed by atoms with Crippen molar-refractivity contribution in [2.24, 2.45) is 0 Å². The topological polar surface area (TPSA) is 29.5 Å². The molecule has 1 rings (SSSR count). The third kappa shape index (κ3) is 3.27. The summed E-state index contributed by atoms with van der Waals surface area (Å²) in [6.45, 7) is 0. The van der Waals surface area contributed by atoms with E-state index in [0.717, 1.165) is 18.6 Å². The lowest BCUT2D eigenvalue weighted by atomic mass is 10.1. The van der Waals surface area contributed by atoms with Crippen molar-refractivity contribution >= 4 is 11.8 Å². The Morgan fingerprint density at radius 3 is 3.18 bits per heavy atom. The minimum atomic E-state index is -0.213. The summed E-state index contributed by atoms with van der Waals surface area (Å²) in [7, 11) is 1.69.